The third kappa shape index (κ3) is 4.87. The number of hydrogen-bond donors (Lipinski definition) is 2. The molecular formula is C17H25N3O3. The zero-order valence-corrected chi connectivity index (χ0v) is 14.0. The van der Waals surface area contributed by atoms with Crippen LogP contribution in [0.5, 0.6) is 5.75 Å². The lowest BCUT2D eigenvalue weighted by Crippen LogP contribution is -2.50. The van der Waals surface area contributed by atoms with Crippen molar-refractivity contribution in [1.29, 1.82) is 0 Å². The van der Waals surface area contributed by atoms with Gasteiger partial charge in [0.15, 0.2) is 0 Å². The Hall–Kier alpha value is -2.24. The van der Waals surface area contributed by atoms with Crippen LogP contribution in [0.3, 0.4) is 0 Å². The quantitative estimate of drug-likeness (QED) is 0.892. The van der Waals surface area contributed by atoms with Crippen LogP contribution >= 0.6 is 0 Å². The van der Waals surface area contributed by atoms with E-state index in [1.165, 1.54) is 0 Å². The van der Waals surface area contributed by atoms with Crippen LogP contribution < -0.4 is 15.4 Å². The number of methoxy groups -OCH3 is 1. The van der Waals surface area contributed by atoms with Crippen LogP contribution in [0.15, 0.2) is 24.3 Å². The Morgan fingerprint density at radius 2 is 1.96 bits per heavy atom. The van der Waals surface area contributed by atoms with E-state index in [1.54, 1.807) is 30.2 Å². The molecule has 1 aromatic carbocycles. The number of hydrogen-bond acceptors (Lipinski definition) is 3. The van der Waals surface area contributed by atoms with E-state index in [2.05, 4.69) is 10.6 Å². The molecule has 1 saturated heterocycles. The van der Waals surface area contributed by atoms with Crippen molar-refractivity contribution < 1.29 is 14.3 Å². The van der Waals surface area contributed by atoms with Crippen molar-refractivity contribution in [1.82, 2.24) is 15.5 Å². The van der Waals surface area contributed by atoms with Gasteiger partial charge in [0.05, 0.1) is 7.11 Å². The molecule has 0 radical (unpaired) electrons. The maximum Gasteiger partial charge on any atom is 0.317 e. The molecule has 1 aliphatic heterocycles. The van der Waals surface area contributed by atoms with Gasteiger partial charge >= 0.3 is 6.03 Å². The molecule has 2 N–H and O–H groups in total. The number of rotatable bonds is 4. The second kappa shape index (κ2) is 7.85. The Kier molecular flexibility index (Phi) is 5.84. The Labute approximate surface area is 137 Å². The zero-order valence-electron chi connectivity index (χ0n) is 14.0. The van der Waals surface area contributed by atoms with Gasteiger partial charge in [-0.25, -0.2) is 4.79 Å². The molecule has 3 amide bonds. The van der Waals surface area contributed by atoms with E-state index in [0.717, 1.165) is 12.8 Å². The number of nitrogens with one attached hydrogen (secondary N) is 2. The van der Waals surface area contributed by atoms with E-state index in [0.29, 0.717) is 24.4 Å². The smallest absolute Gasteiger partial charge is 0.317 e. The van der Waals surface area contributed by atoms with Crippen molar-refractivity contribution in [3.63, 3.8) is 0 Å². The Morgan fingerprint density at radius 1 is 1.26 bits per heavy atom. The van der Waals surface area contributed by atoms with E-state index < -0.39 is 0 Å². The number of urea groups is 1. The van der Waals surface area contributed by atoms with Crippen LogP contribution in [0.25, 0.3) is 0 Å². The molecule has 0 aromatic heterocycles. The van der Waals surface area contributed by atoms with E-state index in [1.807, 2.05) is 19.9 Å². The first-order valence-electron chi connectivity index (χ1n) is 8.00. The van der Waals surface area contributed by atoms with E-state index in [4.69, 9.17) is 4.74 Å². The minimum absolute atomic E-state index is 0.0300. The molecular weight excluding hydrogens is 294 g/mol. The lowest BCUT2D eigenvalue weighted by Gasteiger charge is -2.33. The highest BCUT2D eigenvalue weighted by molar-refractivity contribution is 5.94. The largest absolute Gasteiger partial charge is 0.497 e. The third-order valence-corrected chi connectivity index (χ3v) is 3.86. The summed E-state index contributed by atoms with van der Waals surface area (Å²) in [5.41, 5.74) is 0.587. The predicted octanol–water partition coefficient (Wildman–Crippen LogP) is 2.01. The molecule has 6 heteroatoms. The first-order chi connectivity index (χ1) is 11.0. The van der Waals surface area contributed by atoms with Gasteiger partial charge in [-0.3, -0.25) is 4.79 Å². The minimum Gasteiger partial charge on any atom is -0.497 e. The van der Waals surface area contributed by atoms with Gasteiger partial charge in [0.2, 0.25) is 0 Å². The summed E-state index contributed by atoms with van der Waals surface area (Å²) in [7, 11) is 1.58. The first-order valence-corrected chi connectivity index (χ1v) is 8.00. The van der Waals surface area contributed by atoms with Crippen molar-refractivity contribution in [2.24, 2.45) is 0 Å². The molecule has 1 heterocycles. The molecule has 23 heavy (non-hydrogen) atoms. The van der Waals surface area contributed by atoms with Crippen molar-refractivity contribution >= 4 is 11.9 Å². The topological polar surface area (TPSA) is 70.7 Å². The zero-order chi connectivity index (χ0) is 16.8. The van der Waals surface area contributed by atoms with Gasteiger partial charge in [-0.1, -0.05) is 6.07 Å². The van der Waals surface area contributed by atoms with E-state index in [9.17, 15) is 9.59 Å². The summed E-state index contributed by atoms with van der Waals surface area (Å²) in [6.45, 7) is 5.20. The highest BCUT2D eigenvalue weighted by atomic mass is 16.5. The van der Waals surface area contributed by atoms with Gasteiger partial charge in [-0.05, 0) is 44.9 Å². The summed E-state index contributed by atoms with van der Waals surface area (Å²) in [6, 6.07) is 7.29. The molecule has 126 valence electrons. The van der Waals surface area contributed by atoms with Crippen molar-refractivity contribution in [2.75, 3.05) is 20.2 Å². The van der Waals surface area contributed by atoms with Gasteiger partial charge < -0.3 is 20.3 Å². The highest BCUT2D eigenvalue weighted by Crippen LogP contribution is 2.15. The Balaban J connectivity index is 1.84. The van der Waals surface area contributed by atoms with Gasteiger partial charge in [0.1, 0.15) is 5.75 Å². The van der Waals surface area contributed by atoms with Crippen molar-refractivity contribution in [2.45, 2.75) is 38.8 Å². The summed E-state index contributed by atoms with van der Waals surface area (Å²) in [4.78, 5) is 26.0. The average molecular weight is 319 g/mol. The van der Waals surface area contributed by atoms with Crippen molar-refractivity contribution in [3.8, 4) is 5.75 Å². The molecule has 0 saturated carbocycles. The van der Waals surface area contributed by atoms with Gasteiger partial charge in [-0.2, -0.15) is 0 Å². The second-order valence-corrected chi connectivity index (χ2v) is 6.07. The maximum absolute atomic E-state index is 12.3. The Bertz CT molecular complexity index is 552. The molecule has 0 atom stereocenters. The molecule has 1 fully saturated rings. The Morgan fingerprint density at radius 3 is 2.57 bits per heavy atom. The van der Waals surface area contributed by atoms with Crippen LogP contribution in [0, 0.1) is 0 Å². The molecule has 0 spiro atoms. The fraction of sp³-hybridized carbons (Fsp3) is 0.529. The third-order valence-electron chi connectivity index (χ3n) is 3.86. The van der Waals surface area contributed by atoms with Gasteiger partial charge in [0.25, 0.3) is 5.91 Å². The fourth-order valence-electron chi connectivity index (χ4n) is 2.60. The van der Waals surface area contributed by atoms with Crippen LogP contribution in [-0.2, 0) is 0 Å². The standard InChI is InChI=1S/C17H25N3O3/c1-12(2)18-17(22)20-9-7-14(8-10-20)19-16(21)13-5-4-6-15(11-13)23-3/h4-6,11-12,14H,7-10H2,1-3H3,(H,18,22)(H,19,21). The molecule has 0 bridgehead atoms. The summed E-state index contributed by atoms with van der Waals surface area (Å²) < 4.78 is 5.14. The maximum atomic E-state index is 12.3. The summed E-state index contributed by atoms with van der Waals surface area (Å²) in [6.07, 6.45) is 1.53. The first kappa shape index (κ1) is 17.1. The molecule has 0 unspecified atom stereocenters. The van der Waals surface area contributed by atoms with Crippen molar-refractivity contribution in [3.05, 3.63) is 29.8 Å². The number of likely N-dealkylation sites (tertiary alicyclic amines) is 1. The van der Waals surface area contributed by atoms with Crippen LogP contribution in [0.2, 0.25) is 0 Å². The number of piperidine rings is 1. The molecule has 1 aliphatic rings. The number of amides is 3. The number of carbonyl (C=O) groups is 2. The normalized spacial score (nSPS) is 15.4. The minimum atomic E-state index is -0.103. The summed E-state index contributed by atoms with van der Waals surface area (Å²) in [5.74, 6) is 0.562. The van der Waals surface area contributed by atoms with E-state index in [-0.39, 0.29) is 24.0 Å². The van der Waals surface area contributed by atoms with Crippen LogP contribution in [-0.4, -0.2) is 49.1 Å². The fourth-order valence-corrected chi connectivity index (χ4v) is 2.60. The molecule has 6 nitrogen and oxygen atoms in total. The number of ether oxygens (including phenoxy) is 1. The summed E-state index contributed by atoms with van der Waals surface area (Å²) >= 11 is 0. The van der Waals surface area contributed by atoms with Crippen LogP contribution in [0.4, 0.5) is 4.79 Å². The van der Waals surface area contributed by atoms with Crippen LogP contribution in [0.1, 0.15) is 37.0 Å². The number of benzene rings is 1. The number of carbonyl (C=O) groups excluding carboxylic acids is 2. The van der Waals surface area contributed by atoms with Gasteiger partial charge in [0, 0.05) is 30.7 Å². The monoisotopic (exact) mass is 319 g/mol. The SMILES string of the molecule is COc1cccc(C(=O)NC2CCN(C(=O)NC(C)C)CC2)c1. The molecule has 0 aliphatic carbocycles. The highest BCUT2D eigenvalue weighted by Gasteiger charge is 2.24. The summed E-state index contributed by atoms with van der Waals surface area (Å²) in [5, 5.41) is 5.93. The van der Waals surface area contributed by atoms with Gasteiger partial charge in [-0.15, -0.1) is 0 Å². The second-order valence-electron chi connectivity index (χ2n) is 6.07. The molecule has 1 aromatic rings. The average Bonchev–Trinajstić information content (AvgIpc) is 2.55. The lowest BCUT2D eigenvalue weighted by atomic mass is 10.0. The number of nitrogens with zero attached hydrogens (tertiary/aromatic N) is 1. The molecule has 2 rings (SSSR count). The predicted molar refractivity (Wildman–Crippen MR) is 88.7 cm³/mol. The van der Waals surface area contributed by atoms with E-state index >= 15 is 0 Å². The lowest BCUT2D eigenvalue weighted by molar-refractivity contribution is 0.0917.